The Morgan fingerprint density at radius 2 is 2.08 bits per heavy atom. The molecule has 0 saturated heterocycles. The summed E-state index contributed by atoms with van der Waals surface area (Å²) in [6.07, 6.45) is 3.92. The number of rotatable bonds is 0. The first-order valence-corrected chi connectivity index (χ1v) is 5.09. The molecule has 1 heterocycles. The Kier molecular flexibility index (Phi) is 2.14. The fourth-order valence-corrected chi connectivity index (χ4v) is 2.27. The number of ether oxygens (including phenoxy) is 1. The van der Waals surface area contributed by atoms with Crippen molar-refractivity contribution in [2.24, 2.45) is 11.8 Å². The first-order chi connectivity index (χ1) is 6.16. The lowest BCUT2D eigenvalue weighted by Gasteiger charge is -2.31. The zero-order valence-corrected chi connectivity index (χ0v) is 8.30. The van der Waals surface area contributed by atoms with Gasteiger partial charge in [-0.1, -0.05) is 13.8 Å². The van der Waals surface area contributed by atoms with E-state index < -0.39 is 0 Å². The summed E-state index contributed by atoms with van der Waals surface area (Å²) in [7, 11) is 0. The number of carbonyl (C=O) groups is 1. The molecule has 0 spiro atoms. The molecule has 2 aliphatic rings. The number of hydrogen-bond donors (Lipinski definition) is 0. The summed E-state index contributed by atoms with van der Waals surface area (Å²) in [6, 6.07) is 0. The topological polar surface area (TPSA) is 26.3 Å². The van der Waals surface area contributed by atoms with E-state index >= 15 is 0 Å². The van der Waals surface area contributed by atoms with Crippen LogP contribution in [0.25, 0.3) is 0 Å². The Balaban J connectivity index is 2.24. The van der Waals surface area contributed by atoms with Crippen molar-refractivity contribution in [3.05, 3.63) is 11.3 Å². The van der Waals surface area contributed by atoms with Crippen LogP contribution < -0.4 is 0 Å². The third-order valence-corrected chi connectivity index (χ3v) is 3.10. The fourth-order valence-electron chi connectivity index (χ4n) is 2.27. The van der Waals surface area contributed by atoms with Crippen molar-refractivity contribution in [1.29, 1.82) is 0 Å². The number of allylic oxidation sites excluding steroid dienone is 2. The van der Waals surface area contributed by atoms with Crippen LogP contribution in [0.3, 0.4) is 0 Å². The van der Waals surface area contributed by atoms with Gasteiger partial charge in [0.25, 0.3) is 0 Å². The second-order valence-corrected chi connectivity index (χ2v) is 4.38. The van der Waals surface area contributed by atoms with Gasteiger partial charge in [-0.05, 0) is 30.3 Å². The molecule has 2 rings (SSSR count). The summed E-state index contributed by atoms with van der Waals surface area (Å²) in [6.45, 7) is 4.35. The summed E-state index contributed by atoms with van der Waals surface area (Å²) in [4.78, 5) is 11.2. The minimum atomic E-state index is -0.0413. The van der Waals surface area contributed by atoms with E-state index in [4.69, 9.17) is 4.74 Å². The minimum absolute atomic E-state index is 0.0413. The highest BCUT2D eigenvalue weighted by Gasteiger charge is 2.30. The predicted octanol–water partition coefficient (Wildman–Crippen LogP) is 2.64. The quantitative estimate of drug-likeness (QED) is 0.536. The van der Waals surface area contributed by atoms with E-state index in [0.717, 1.165) is 18.6 Å². The molecule has 2 atom stereocenters. The van der Waals surface area contributed by atoms with Crippen LogP contribution in [0, 0.1) is 11.8 Å². The van der Waals surface area contributed by atoms with Crippen LogP contribution in [0.5, 0.6) is 0 Å². The maximum atomic E-state index is 11.2. The molecule has 0 bridgehead atoms. The molecule has 72 valence electrons. The van der Waals surface area contributed by atoms with Crippen molar-refractivity contribution in [1.82, 2.24) is 0 Å². The van der Waals surface area contributed by atoms with Crippen molar-refractivity contribution in [2.75, 3.05) is 0 Å². The standard InChI is InChI=1S/C11H16O2/c1-7-3-4-9-8(2)6-11(12)13-10(9)5-7/h7-8H,3-6H2,1-2H3. The lowest BCUT2D eigenvalue weighted by molar-refractivity contribution is -0.142. The van der Waals surface area contributed by atoms with Gasteiger partial charge in [0.15, 0.2) is 0 Å². The zero-order chi connectivity index (χ0) is 9.42. The molecule has 2 nitrogen and oxygen atoms in total. The summed E-state index contributed by atoms with van der Waals surface area (Å²) in [5.41, 5.74) is 1.40. The van der Waals surface area contributed by atoms with Crippen LogP contribution in [0.15, 0.2) is 11.3 Å². The Morgan fingerprint density at radius 1 is 1.31 bits per heavy atom. The Morgan fingerprint density at radius 3 is 2.85 bits per heavy atom. The monoisotopic (exact) mass is 180 g/mol. The lowest BCUT2D eigenvalue weighted by atomic mass is 9.81. The van der Waals surface area contributed by atoms with Crippen molar-refractivity contribution in [3.8, 4) is 0 Å². The van der Waals surface area contributed by atoms with E-state index in [0.29, 0.717) is 18.3 Å². The Hall–Kier alpha value is -0.790. The van der Waals surface area contributed by atoms with Gasteiger partial charge in [-0.2, -0.15) is 0 Å². The maximum Gasteiger partial charge on any atom is 0.311 e. The van der Waals surface area contributed by atoms with Crippen LogP contribution in [0.1, 0.15) is 39.5 Å². The highest BCUT2D eigenvalue weighted by molar-refractivity contribution is 5.73. The van der Waals surface area contributed by atoms with Crippen molar-refractivity contribution in [2.45, 2.75) is 39.5 Å². The molecular formula is C11H16O2. The van der Waals surface area contributed by atoms with Gasteiger partial charge in [-0.3, -0.25) is 4.79 Å². The molecule has 0 saturated carbocycles. The first-order valence-electron chi connectivity index (χ1n) is 5.09. The molecule has 0 radical (unpaired) electrons. The molecule has 0 amide bonds. The fraction of sp³-hybridized carbons (Fsp3) is 0.727. The molecule has 1 aliphatic heterocycles. The summed E-state index contributed by atoms with van der Waals surface area (Å²) >= 11 is 0. The van der Waals surface area contributed by atoms with Crippen molar-refractivity contribution >= 4 is 5.97 Å². The molecular weight excluding hydrogens is 164 g/mol. The van der Waals surface area contributed by atoms with E-state index in [1.54, 1.807) is 0 Å². The van der Waals surface area contributed by atoms with Gasteiger partial charge in [0.05, 0.1) is 6.42 Å². The molecule has 0 aromatic carbocycles. The number of carbonyl (C=O) groups excluding carboxylic acids is 1. The van der Waals surface area contributed by atoms with E-state index in [-0.39, 0.29) is 5.97 Å². The van der Waals surface area contributed by atoms with Crippen LogP contribution in [-0.2, 0) is 9.53 Å². The molecule has 0 aromatic rings. The zero-order valence-electron chi connectivity index (χ0n) is 8.30. The van der Waals surface area contributed by atoms with Crippen molar-refractivity contribution < 1.29 is 9.53 Å². The van der Waals surface area contributed by atoms with E-state index in [2.05, 4.69) is 13.8 Å². The average molecular weight is 180 g/mol. The van der Waals surface area contributed by atoms with E-state index in [9.17, 15) is 4.79 Å². The second kappa shape index (κ2) is 3.17. The Bertz CT molecular complexity index is 265. The van der Waals surface area contributed by atoms with Gasteiger partial charge in [-0.25, -0.2) is 0 Å². The normalized spacial score (nSPS) is 34.2. The van der Waals surface area contributed by atoms with Crippen LogP contribution in [0.2, 0.25) is 0 Å². The van der Waals surface area contributed by atoms with Crippen LogP contribution in [-0.4, -0.2) is 5.97 Å². The number of esters is 1. The van der Waals surface area contributed by atoms with Gasteiger partial charge in [0.2, 0.25) is 0 Å². The molecule has 13 heavy (non-hydrogen) atoms. The minimum Gasteiger partial charge on any atom is -0.431 e. The summed E-state index contributed by atoms with van der Waals surface area (Å²) < 4.78 is 5.27. The molecule has 2 unspecified atom stereocenters. The van der Waals surface area contributed by atoms with Gasteiger partial charge in [0, 0.05) is 6.42 Å². The van der Waals surface area contributed by atoms with Gasteiger partial charge < -0.3 is 4.74 Å². The van der Waals surface area contributed by atoms with Gasteiger partial charge in [0.1, 0.15) is 5.76 Å². The predicted molar refractivity (Wildman–Crippen MR) is 49.9 cm³/mol. The maximum absolute atomic E-state index is 11.2. The smallest absolute Gasteiger partial charge is 0.311 e. The molecule has 0 fully saturated rings. The molecule has 0 N–H and O–H groups in total. The van der Waals surface area contributed by atoms with Gasteiger partial charge >= 0.3 is 5.97 Å². The summed E-state index contributed by atoms with van der Waals surface area (Å²) in [5.74, 6) is 2.04. The van der Waals surface area contributed by atoms with Crippen molar-refractivity contribution in [3.63, 3.8) is 0 Å². The molecule has 1 aliphatic carbocycles. The van der Waals surface area contributed by atoms with Gasteiger partial charge in [-0.15, -0.1) is 0 Å². The molecule has 2 heteroatoms. The highest BCUT2D eigenvalue weighted by Crippen LogP contribution is 2.38. The first kappa shape index (κ1) is 8.79. The molecule has 0 aromatic heterocycles. The summed E-state index contributed by atoms with van der Waals surface area (Å²) in [5, 5.41) is 0. The van der Waals surface area contributed by atoms with E-state index in [1.165, 1.54) is 12.0 Å². The lowest BCUT2D eigenvalue weighted by Crippen LogP contribution is -2.24. The Labute approximate surface area is 79.0 Å². The van der Waals surface area contributed by atoms with Crippen LogP contribution in [0.4, 0.5) is 0 Å². The largest absolute Gasteiger partial charge is 0.431 e. The van der Waals surface area contributed by atoms with E-state index in [1.807, 2.05) is 0 Å². The second-order valence-electron chi connectivity index (χ2n) is 4.38. The third-order valence-electron chi connectivity index (χ3n) is 3.10. The van der Waals surface area contributed by atoms with Crippen LogP contribution >= 0.6 is 0 Å². The third kappa shape index (κ3) is 1.62. The number of hydrogen-bond acceptors (Lipinski definition) is 2. The average Bonchev–Trinajstić information content (AvgIpc) is 2.02. The highest BCUT2D eigenvalue weighted by atomic mass is 16.5. The SMILES string of the molecule is CC1CCC2=C(C1)OC(=O)CC2C.